The van der Waals surface area contributed by atoms with Crippen molar-refractivity contribution in [2.24, 2.45) is 0 Å². The first kappa shape index (κ1) is 15.1. The summed E-state index contributed by atoms with van der Waals surface area (Å²) in [5, 5.41) is 9.24. The molecule has 118 valence electrons. The van der Waals surface area contributed by atoms with Crippen LogP contribution in [0.15, 0.2) is 49.0 Å². The van der Waals surface area contributed by atoms with E-state index in [1.54, 1.807) is 17.0 Å². The minimum Gasteiger partial charge on any atom is -0.478 e. The molecule has 0 aliphatic carbocycles. The Morgan fingerprint density at radius 2 is 1.78 bits per heavy atom. The predicted molar refractivity (Wildman–Crippen MR) is 80.1 cm³/mol. The normalized spacial score (nSPS) is 14.0. The van der Waals surface area contributed by atoms with Gasteiger partial charge in [0, 0.05) is 23.5 Å². The fourth-order valence-corrected chi connectivity index (χ4v) is 2.70. The van der Waals surface area contributed by atoms with E-state index >= 15 is 0 Å². The van der Waals surface area contributed by atoms with Crippen molar-refractivity contribution >= 4 is 17.4 Å². The van der Waals surface area contributed by atoms with Crippen LogP contribution < -0.4 is 4.90 Å². The van der Waals surface area contributed by atoms with Crippen LogP contribution in [0.3, 0.4) is 0 Å². The molecule has 1 N–H and O–H groups in total. The fourth-order valence-electron chi connectivity index (χ4n) is 2.70. The lowest BCUT2D eigenvalue weighted by Crippen LogP contribution is -2.14. The molecule has 23 heavy (non-hydrogen) atoms. The quantitative estimate of drug-likeness (QED) is 0.892. The third kappa shape index (κ3) is 2.56. The lowest BCUT2D eigenvalue weighted by atomic mass is 10.0. The van der Waals surface area contributed by atoms with E-state index in [9.17, 15) is 23.1 Å². The average molecular weight is 319 g/mol. The minimum absolute atomic E-state index is 0.179. The van der Waals surface area contributed by atoms with Crippen LogP contribution in [0.2, 0.25) is 0 Å². The van der Waals surface area contributed by atoms with E-state index in [-0.39, 0.29) is 12.1 Å². The van der Waals surface area contributed by atoms with Gasteiger partial charge in [0.1, 0.15) is 0 Å². The van der Waals surface area contributed by atoms with Gasteiger partial charge in [-0.15, -0.1) is 0 Å². The van der Waals surface area contributed by atoms with Crippen LogP contribution in [0.1, 0.15) is 27.0 Å². The number of halogens is 3. The van der Waals surface area contributed by atoms with E-state index in [0.29, 0.717) is 22.5 Å². The molecule has 6 heteroatoms. The number of hydrogen-bond acceptors (Lipinski definition) is 2. The second-order valence-electron chi connectivity index (χ2n) is 5.21. The zero-order chi connectivity index (χ0) is 16.8. The van der Waals surface area contributed by atoms with Crippen LogP contribution >= 0.6 is 0 Å². The van der Waals surface area contributed by atoms with E-state index in [1.165, 1.54) is 18.2 Å². The third-order valence-corrected chi connectivity index (χ3v) is 3.87. The van der Waals surface area contributed by atoms with Crippen molar-refractivity contribution in [1.29, 1.82) is 0 Å². The largest absolute Gasteiger partial charge is 0.478 e. The van der Waals surface area contributed by atoms with Crippen LogP contribution in [0, 0.1) is 0 Å². The van der Waals surface area contributed by atoms with Gasteiger partial charge in [-0.1, -0.05) is 18.7 Å². The standard InChI is InChI=1S/C17H12F3NO2/c1-10-13-3-2-4-14(16(22)23)15(13)9-21(10)12-7-5-11(6-8-12)17(18,19)20/h2-8H,1,9H2,(H,22,23). The van der Waals surface area contributed by atoms with Gasteiger partial charge in [-0.2, -0.15) is 13.2 Å². The highest BCUT2D eigenvalue weighted by atomic mass is 19.4. The zero-order valence-corrected chi connectivity index (χ0v) is 11.9. The maximum atomic E-state index is 12.6. The third-order valence-electron chi connectivity index (χ3n) is 3.87. The van der Waals surface area contributed by atoms with E-state index < -0.39 is 17.7 Å². The van der Waals surface area contributed by atoms with Gasteiger partial charge in [0.2, 0.25) is 0 Å². The average Bonchev–Trinajstić information content (AvgIpc) is 2.84. The topological polar surface area (TPSA) is 40.5 Å². The number of hydrogen-bond donors (Lipinski definition) is 1. The molecule has 1 heterocycles. The molecule has 0 amide bonds. The molecule has 3 rings (SSSR count). The Morgan fingerprint density at radius 3 is 2.35 bits per heavy atom. The molecule has 2 aromatic carbocycles. The maximum absolute atomic E-state index is 12.6. The fraction of sp³-hybridized carbons (Fsp3) is 0.118. The molecule has 0 aromatic heterocycles. The van der Waals surface area contributed by atoms with Crippen LogP contribution in [0.5, 0.6) is 0 Å². The molecular formula is C17H12F3NO2. The number of alkyl halides is 3. The van der Waals surface area contributed by atoms with E-state index in [1.807, 2.05) is 0 Å². The first-order valence-electron chi connectivity index (χ1n) is 6.78. The summed E-state index contributed by atoms with van der Waals surface area (Å²) in [4.78, 5) is 13.0. The first-order valence-corrected chi connectivity index (χ1v) is 6.78. The molecule has 0 bridgehead atoms. The van der Waals surface area contributed by atoms with Crippen LogP contribution in [-0.4, -0.2) is 11.1 Å². The van der Waals surface area contributed by atoms with E-state index in [4.69, 9.17) is 0 Å². The lowest BCUT2D eigenvalue weighted by Gasteiger charge is -2.20. The van der Waals surface area contributed by atoms with E-state index in [0.717, 1.165) is 12.1 Å². The Hall–Kier alpha value is -2.76. The smallest absolute Gasteiger partial charge is 0.416 e. The Labute approximate surface area is 130 Å². The van der Waals surface area contributed by atoms with Crippen LogP contribution in [0.25, 0.3) is 5.70 Å². The molecule has 0 spiro atoms. The maximum Gasteiger partial charge on any atom is 0.416 e. The molecule has 1 aliphatic rings. The van der Waals surface area contributed by atoms with Crippen molar-refractivity contribution in [3.8, 4) is 0 Å². The number of carbonyl (C=O) groups is 1. The second kappa shape index (κ2) is 5.15. The van der Waals surface area contributed by atoms with Crippen molar-refractivity contribution < 1.29 is 23.1 Å². The summed E-state index contributed by atoms with van der Waals surface area (Å²) in [6.45, 7) is 4.20. The van der Waals surface area contributed by atoms with Gasteiger partial charge in [0.25, 0.3) is 0 Å². The van der Waals surface area contributed by atoms with Crippen molar-refractivity contribution in [2.75, 3.05) is 4.90 Å². The highest BCUT2D eigenvalue weighted by molar-refractivity contribution is 5.95. The molecule has 0 unspecified atom stereocenters. The van der Waals surface area contributed by atoms with Gasteiger partial charge in [-0.05, 0) is 35.9 Å². The number of aromatic carboxylic acids is 1. The number of carboxylic acid groups (broad SMARTS) is 1. The highest BCUT2D eigenvalue weighted by Crippen LogP contribution is 2.38. The number of rotatable bonds is 2. The molecule has 0 atom stereocenters. The van der Waals surface area contributed by atoms with Crippen molar-refractivity contribution in [2.45, 2.75) is 12.7 Å². The molecule has 1 aliphatic heterocycles. The molecule has 0 radical (unpaired) electrons. The minimum atomic E-state index is -4.39. The molecular weight excluding hydrogens is 307 g/mol. The number of anilines is 1. The summed E-state index contributed by atoms with van der Waals surface area (Å²) in [5.74, 6) is -1.04. The number of nitrogens with zero attached hydrogens (tertiary/aromatic N) is 1. The van der Waals surface area contributed by atoms with Crippen LogP contribution in [-0.2, 0) is 12.7 Å². The summed E-state index contributed by atoms with van der Waals surface area (Å²) in [7, 11) is 0. The Morgan fingerprint density at radius 1 is 1.13 bits per heavy atom. The Bertz CT molecular complexity index is 794. The highest BCUT2D eigenvalue weighted by Gasteiger charge is 2.31. The first-order chi connectivity index (χ1) is 10.8. The van der Waals surface area contributed by atoms with Gasteiger partial charge < -0.3 is 10.0 Å². The summed E-state index contributed by atoms with van der Waals surface area (Å²) >= 11 is 0. The predicted octanol–water partition coefficient (Wildman–Crippen LogP) is 4.39. The van der Waals surface area contributed by atoms with Gasteiger partial charge in [-0.3, -0.25) is 0 Å². The summed E-state index contributed by atoms with van der Waals surface area (Å²) in [6.07, 6.45) is -4.39. The molecule has 3 nitrogen and oxygen atoms in total. The summed E-state index contributed by atoms with van der Waals surface area (Å²) in [6, 6.07) is 9.62. The SMILES string of the molecule is C=C1c2cccc(C(=O)O)c2CN1c1ccc(C(F)(F)F)cc1. The van der Waals surface area contributed by atoms with Gasteiger partial charge in [-0.25, -0.2) is 4.79 Å². The summed E-state index contributed by atoms with van der Waals surface area (Å²) in [5.41, 5.74) is 1.88. The Balaban J connectivity index is 1.96. The zero-order valence-electron chi connectivity index (χ0n) is 11.9. The molecule has 0 fully saturated rings. The van der Waals surface area contributed by atoms with Crippen LogP contribution in [0.4, 0.5) is 18.9 Å². The molecule has 0 saturated heterocycles. The number of fused-ring (bicyclic) bond motifs is 1. The monoisotopic (exact) mass is 319 g/mol. The summed E-state index contributed by atoms with van der Waals surface area (Å²) < 4.78 is 37.9. The second-order valence-corrected chi connectivity index (χ2v) is 5.21. The number of benzene rings is 2. The van der Waals surface area contributed by atoms with Gasteiger partial charge in [0.15, 0.2) is 0 Å². The van der Waals surface area contributed by atoms with E-state index in [2.05, 4.69) is 6.58 Å². The van der Waals surface area contributed by atoms with Crippen molar-refractivity contribution in [3.63, 3.8) is 0 Å². The van der Waals surface area contributed by atoms with Gasteiger partial charge in [0.05, 0.1) is 11.1 Å². The Kier molecular flexibility index (Phi) is 3.39. The van der Waals surface area contributed by atoms with Crippen molar-refractivity contribution in [1.82, 2.24) is 0 Å². The number of carboxylic acids is 1. The lowest BCUT2D eigenvalue weighted by molar-refractivity contribution is -0.137. The molecule has 2 aromatic rings. The van der Waals surface area contributed by atoms with Crippen molar-refractivity contribution in [3.05, 3.63) is 71.3 Å². The van der Waals surface area contributed by atoms with Gasteiger partial charge >= 0.3 is 12.1 Å². The molecule has 0 saturated carbocycles.